The van der Waals surface area contributed by atoms with Crippen molar-refractivity contribution in [2.75, 3.05) is 5.32 Å². The molecule has 0 aliphatic carbocycles. The van der Waals surface area contributed by atoms with Gasteiger partial charge in [0, 0.05) is 18.7 Å². The number of rotatable bonds is 5. The summed E-state index contributed by atoms with van der Waals surface area (Å²) in [5.41, 5.74) is 2.09. The van der Waals surface area contributed by atoms with Gasteiger partial charge in [-0.05, 0) is 39.0 Å². The fraction of sp³-hybridized carbons (Fsp3) is 0.278. The van der Waals surface area contributed by atoms with E-state index in [4.69, 9.17) is 16.3 Å². The van der Waals surface area contributed by atoms with E-state index in [1.54, 1.807) is 18.7 Å². The Kier molecular flexibility index (Phi) is 6.15. The van der Waals surface area contributed by atoms with Gasteiger partial charge in [-0.15, -0.1) is 0 Å². The highest BCUT2D eigenvalue weighted by Crippen LogP contribution is 2.21. The number of amides is 1. The van der Waals surface area contributed by atoms with E-state index in [1.807, 2.05) is 6.92 Å². The lowest BCUT2D eigenvalue weighted by Crippen LogP contribution is -2.29. The Bertz CT molecular complexity index is 857. The Morgan fingerprint density at radius 1 is 1.38 bits per heavy atom. The smallest absolute Gasteiger partial charge is 0.331 e. The van der Waals surface area contributed by atoms with Crippen LogP contribution in [0.25, 0.3) is 6.08 Å². The van der Waals surface area contributed by atoms with Crippen molar-refractivity contribution in [3.05, 3.63) is 52.1 Å². The number of carbonyl (C=O) groups is 2. The van der Waals surface area contributed by atoms with Crippen LogP contribution in [0.2, 0.25) is 5.02 Å². The summed E-state index contributed by atoms with van der Waals surface area (Å²) in [4.78, 5) is 24.1. The first-order chi connectivity index (χ1) is 12.2. The van der Waals surface area contributed by atoms with Crippen molar-refractivity contribution in [3.8, 4) is 0 Å². The van der Waals surface area contributed by atoms with Crippen LogP contribution in [0.4, 0.5) is 10.1 Å². The van der Waals surface area contributed by atoms with Gasteiger partial charge >= 0.3 is 5.97 Å². The molecule has 0 unspecified atom stereocenters. The number of nitrogens with zero attached hydrogens (tertiary/aromatic N) is 2. The molecule has 6 nitrogen and oxygen atoms in total. The number of carbonyl (C=O) groups excluding carboxylic acids is 2. The predicted octanol–water partition coefficient (Wildman–Crippen LogP) is 3.41. The number of hydrogen-bond acceptors (Lipinski definition) is 4. The van der Waals surface area contributed by atoms with Crippen molar-refractivity contribution in [2.24, 2.45) is 7.05 Å². The number of anilines is 1. The number of esters is 1. The molecule has 2 aromatic rings. The molecule has 0 aliphatic heterocycles. The van der Waals surface area contributed by atoms with Crippen molar-refractivity contribution >= 4 is 35.2 Å². The predicted molar refractivity (Wildman–Crippen MR) is 97.3 cm³/mol. The summed E-state index contributed by atoms with van der Waals surface area (Å²) in [6, 6.07) is 4.19. The molecule has 1 aromatic carbocycles. The van der Waals surface area contributed by atoms with Crippen LogP contribution in [0.3, 0.4) is 0 Å². The Morgan fingerprint density at radius 2 is 2.08 bits per heavy atom. The molecule has 0 spiro atoms. The lowest BCUT2D eigenvalue weighted by molar-refractivity contribution is -0.148. The highest BCUT2D eigenvalue weighted by Gasteiger charge is 2.20. The fourth-order valence-electron chi connectivity index (χ4n) is 2.27. The quantitative estimate of drug-likeness (QED) is 0.638. The van der Waals surface area contributed by atoms with E-state index in [1.165, 1.54) is 31.2 Å². The first kappa shape index (κ1) is 19.7. The van der Waals surface area contributed by atoms with Crippen LogP contribution < -0.4 is 5.32 Å². The lowest BCUT2D eigenvalue weighted by Gasteiger charge is -2.12. The standard InChI is InChI=1S/C18H19ClFN3O3/c1-10-17(11(2)23(4)22-10)21-18(25)12(3)26-16(24)9-8-13-14(19)6-5-7-15(13)20/h5-9,12H,1-4H3,(H,21,25)/b9-8+/t12-/m1/s1. The maximum Gasteiger partial charge on any atom is 0.331 e. The van der Waals surface area contributed by atoms with Gasteiger partial charge in [0.1, 0.15) is 5.82 Å². The molecule has 1 atom stereocenters. The monoisotopic (exact) mass is 379 g/mol. The molecule has 0 saturated carbocycles. The Morgan fingerprint density at radius 3 is 2.65 bits per heavy atom. The lowest BCUT2D eigenvalue weighted by atomic mass is 10.2. The number of halogens is 2. The molecule has 26 heavy (non-hydrogen) atoms. The van der Waals surface area contributed by atoms with Crippen LogP contribution in [0.15, 0.2) is 24.3 Å². The molecule has 2 rings (SSSR count). The van der Waals surface area contributed by atoms with Crippen LogP contribution in [-0.2, 0) is 21.4 Å². The number of ether oxygens (including phenoxy) is 1. The molecular weight excluding hydrogens is 361 g/mol. The third kappa shape index (κ3) is 4.49. The minimum Gasteiger partial charge on any atom is -0.449 e. The highest BCUT2D eigenvalue weighted by molar-refractivity contribution is 6.32. The molecule has 138 valence electrons. The van der Waals surface area contributed by atoms with E-state index in [9.17, 15) is 14.0 Å². The first-order valence-corrected chi connectivity index (χ1v) is 8.22. The van der Waals surface area contributed by atoms with Gasteiger partial charge in [0.2, 0.25) is 0 Å². The van der Waals surface area contributed by atoms with Crippen molar-refractivity contribution in [3.63, 3.8) is 0 Å². The zero-order valence-electron chi connectivity index (χ0n) is 14.8. The molecule has 0 saturated heterocycles. The number of aryl methyl sites for hydroxylation is 2. The number of aromatic nitrogens is 2. The molecular formula is C18H19ClFN3O3. The summed E-state index contributed by atoms with van der Waals surface area (Å²) in [5.74, 6) is -1.84. The molecule has 0 fully saturated rings. The van der Waals surface area contributed by atoms with E-state index in [0.29, 0.717) is 11.4 Å². The van der Waals surface area contributed by atoms with E-state index in [0.717, 1.165) is 11.8 Å². The largest absolute Gasteiger partial charge is 0.449 e. The van der Waals surface area contributed by atoms with E-state index >= 15 is 0 Å². The Labute approximate surface area is 155 Å². The maximum atomic E-state index is 13.7. The molecule has 1 aromatic heterocycles. The first-order valence-electron chi connectivity index (χ1n) is 7.84. The Hall–Kier alpha value is -2.67. The van der Waals surface area contributed by atoms with E-state index in [-0.39, 0.29) is 10.6 Å². The van der Waals surface area contributed by atoms with Gasteiger partial charge in [0.15, 0.2) is 6.10 Å². The second-order valence-electron chi connectivity index (χ2n) is 5.71. The van der Waals surface area contributed by atoms with E-state index in [2.05, 4.69) is 10.4 Å². The zero-order valence-corrected chi connectivity index (χ0v) is 15.6. The van der Waals surface area contributed by atoms with Crippen LogP contribution in [-0.4, -0.2) is 27.8 Å². The molecule has 0 bridgehead atoms. The van der Waals surface area contributed by atoms with Crippen molar-refractivity contribution in [1.29, 1.82) is 0 Å². The van der Waals surface area contributed by atoms with Crippen LogP contribution in [0, 0.1) is 19.7 Å². The number of hydrogen-bond donors (Lipinski definition) is 1. The third-order valence-corrected chi connectivity index (χ3v) is 4.13. The summed E-state index contributed by atoms with van der Waals surface area (Å²) < 4.78 is 20.3. The van der Waals surface area contributed by atoms with Gasteiger partial charge in [-0.1, -0.05) is 17.7 Å². The Balaban J connectivity index is 2.00. The summed E-state index contributed by atoms with van der Waals surface area (Å²) in [6.45, 7) is 5.02. The maximum absolute atomic E-state index is 13.7. The van der Waals surface area contributed by atoms with Gasteiger partial charge in [0.25, 0.3) is 5.91 Å². The molecule has 8 heteroatoms. The second kappa shape index (κ2) is 8.14. The van der Waals surface area contributed by atoms with Gasteiger partial charge in [0.05, 0.1) is 22.1 Å². The molecule has 1 N–H and O–H groups in total. The van der Waals surface area contributed by atoms with Gasteiger partial charge in [-0.3, -0.25) is 9.48 Å². The summed E-state index contributed by atoms with van der Waals surface area (Å²) in [5, 5.41) is 7.06. The molecule has 1 amide bonds. The normalized spacial score (nSPS) is 12.2. The van der Waals surface area contributed by atoms with Crippen molar-refractivity contribution < 1.29 is 18.7 Å². The highest BCUT2D eigenvalue weighted by atomic mass is 35.5. The minimum absolute atomic E-state index is 0.0739. The van der Waals surface area contributed by atoms with E-state index < -0.39 is 23.8 Å². The SMILES string of the molecule is Cc1nn(C)c(C)c1NC(=O)[C@@H](C)OC(=O)/C=C/c1c(F)cccc1Cl. The van der Waals surface area contributed by atoms with Crippen LogP contribution in [0.5, 0.6) is 0 Å². The van der Waals surface area contributed by atoms with Crippen molar-refractivity contribution in [1.82, 2.24) is 9.78 Å². The summed E-state index contributed by atoms with van der Waals surface area (Å²) >= 11 is 5.88. The van der Waals surface area contributed by atoms with Gasteiger partial charge in [-0.25, -0.2) is 9.18 Å². The van der Waals surface area contributed by atoms with Gasteiger partial charge in [-0.2, -0.15) is 5.10 Å². The average molecular weight is 380 g/mol. The molecule has 0 aliphatic rings. The van der Waals surface area contributed by atoms with Crippen LogP contribution in [0.1, 0.15) is 23.9 Å². The second-order valence-corrected chi connectivity index (χ2v) is 6.11. The molecule has 0 radical (unpaired) electrons. The zero-order chi connectivity index (χ0) is 19.4. The van der Waals surface area contributed by atoms with Crippen molar-refractivity contribution in [2.45, 2.75) is 26.9 Å². The summed E-state index contributed by atoms with van der Waals surface area (Å²) in [6.07, 6.45) is 1.19. The minimum atomic E-state index is -1.04. The number of nitrogens with one attached hydrogen (secondary N) is 1. The topological polar surface area (TPSA) is 73.2 Å². The van der Waals surface area contributed by atoms with Crippen LogP contribution >= 0.6 is 11.6 Å². The average Bonchev–Trinajstić information content (AvgIpc) is 2.80. The molecule has 1 heterocycles. The third-order valence-electron chi connectivity index (χ3n) is 3.81. The van der Waals surface area contributed by atoms with Gasteiger partial charge < -0.3 is 10.1 Å². The fourth-order valence-corrected chi connectivity index (χ4v) is 2.49. The number of benzene rings is 1. The summed E-state index contributed by atoms with van der Waals surface area (Å²) in [7, 11) is 1.76.